The molecule has 0 atom stereocenters. The van der Waals surface area contributed by atoms with Crippen LogP contribution in [-0.2, 0) is 12.8 Å². The maximum atomic E-state index is 4.33. The molecule has 104 valence electrons. The maximum absolute atomic E-state index is 4.33. The predicted octanol–water partition coefficient (Wildman–Crippen LogP) is 4.14. The van der Waals surface area contributed by atoms with E-state index in [4.69, 9.17) is 0 Å². The zero-order valence-electron chi connectivity index (χ0n) is 11.9. The molecule has 2 N–H and O–H groups in total. The third-order valence-corrected chi connectivity index (χ3v) is 3.70. The van der Waals surface area contributed by atoms with Crippen molar-refractivity contribution in [3.8, 4) is 0 Å². The molecule has 3 nitrogen and oxygen atoms in total. The van der Waals surface area contributed by atoms with Gasteiger partial charge in [-0.25, -0.2) is 4.98 Å². The zero-order valence-corrected chi connectivity index (χ0v) is 11.9. The van der Waals surface area contributed by atoms with Crippen LogP contribution in [0, 0.1) is 0 Å². The standard InChI is InChI=1S/C17H21N3/c1-2-9-18-17-12-16(8-10-19-17)20-15-7-6-13-4-3-5-14(13)11-15/h6-8,10-12H,2-5,9H2,1H3,(H2,18,19,20). The first-order chi connectivity index (χ1) is 9.85. The average molecular weight is 267 g/mol. The molecule has 3 rings (SSSR count). The van der Waals surface area contributed by atoms with Crippen molar-refractivity contribution in [2.45, 2.75) is 32.6 Å². The second-order valence-corrected chi connectivity index (χ2v) is 5.32. The van der Waals surface area contributed by atoms with Gasteiger partial charge in [-0.05, 0) is 55.0 Å². The number of hydrogen-bond acceptors (Lipinski definition) is 3. The molecule has 0 spiro atoms. The minimum absolute atomic E-state index is 0.929. The summed E-state index contributed by atoms with van der Waals surface area (Å²) >= 11 is 0. The van der Waals surface area contributed by atoms with Crippen molar-refractivity contribution in [1.82, 2.24) is 4.98 Å². The number of fused-ring (bicyclic) bond motifs is 1. The molecule has 0 amide bonds. The van der Waals surface area contributed by atoms with E-state index in [0.29, 0.717) is 0 Å². The summed E-state index contributed by atoms with van der Waals surface area (Å²) in [5.41, 5.74) is 5.25. The third-order valence-electron chi connectivity index (χ3n) is 3.70. The fourth-order valence-electron chi connectivity index (χ4n) is 2.67. The highest BCUT2D eigenvalue weighted by molar-refractivity contribution is 5.63. The lowest BCUT2D eigenvalue weighted by Gasteiger charge is -2.10. The fraction of sp³-hybridized carbons (Fsp3) is 0.353. The van der Waals surface area contributed by atoms with Crippen LogP contribution in [0.15, 0.2) is 36.5 Å². The van der Waals surface area contributed by atoms with Gasteiger partial charge in [0, 0.05) is 30.2 Å². The summed E-state index contributed by atoms with van der Waals surface area (Å²) in [6.07, 6.45) is 6.68. The number of aryl methyl sites for hydroxylation is 2. The van der Waals surface area contributed by atoms with E-state index in [1.165, 1.54) is 36.1 Å². The summed E-state index contributed by atoms with van der Waals surface area (Å²) in [7, 11) is 0. The molecule has 1 aromatic heterocycles. The van der Waals surface area contributed by atoms with Gasteiger partial charge in [-0.15, -0.1) is 0 Å². The molecule has 1 aromatic carbocycles. The number of pyridine rings is 1. The van der Waals surface area contributed by atoms with E-state index in [-0.39, 0.29) is 0 Å². The van der Waals surface area contributed by atoms with Crippen molar-refractivity contribution in [1.29, 1.82) is 0 Å². The highest BCUT2D eigenvalue weighted by atomic mass is 15.0. The summed E-state index contributed by atoms with van der Waals surface area (Å²) in [6.45, 7) is 3.11. The van der Waals surface area contributed by atoms with Crippen LogP contribution in [0.25, 0.3) is 0 Å². The number of rotatable bonds is 5. The third kappa shape index (κ3) is 2.93. The van der Waals surface area contributed by atoms with E-state index in [1.54, 1.807) is 0 Å². The molecule has 0 unspecified atom stereocenters. The minimum atomic E-state index is 0.929. The van der Waals surface area contributed by atoms with Crippen LogP contribution in [0.4, 0.5) is 17.2 Å². The van der Waals surface area contributed by atoms with Gasteiger partial charge in [0.25, 0.3) is 0 Å². The molecule has 0 saturated heterocycles. The Hall–Kier alpha value is -2.03. The van der Waals surface area contributed by atoms with Crippen molar-refractivity contribution in [3.05, 3.63) is 47.7 Å². The lowest BCUT2D eigenvalue weighted by Crippen LogP contribution is -2.02. The second-order valence-electron chi connectivity index (χ2n) is 5.32. The van der Waals surface area contributed by atoms with Gasteiger partial charge < -0.3 is 10.6 Å². The van der Waals surface area contributed by atoms with Gasteiger partial charge in [-0.3, -0.25) is 0 Å². The smallest absolute Gasteiger partial charge is 0.127 e. The van der Waals surface area contributed by atoms with Gasteiger partial charge >= 0.3 is 0 Å². The highest BCUT2D eigenvalue weighted by Crippen LogP contribution is 2.27. The van der Waals surface area contributed by atoms with Gasteiger partial charge in [0.2, 0.25) is 0 Å². The van der Waals surface area contributed by atoms with Gasteiger partial charge in [-0.2, -0.15) is 0 Å². The first-order valence-electron chi connectivity index (χ1n) is 7.44. The van der Waals surface area contributed by atoms with Crippen LogP contribution in [0.1, 0.15) is 30.9 Å². The number of nitrogens with zero attached hydrogens (tertiary/aromatic N) is 1. The monoisotopic (exact) mass is 267 g/mol. The van der Waals surface area contributed by atoms with Crippen molar-refractivity contribution < 1.29 is 0 Å². The van der Waals surface area contributed by atoms with E-state index >= 15 is 0 Å². The SMILES string of the molecule is CCCNc1cc(Nc2ccc3c(c2)CCC3)ccn1. The van der Waals surface area contributed by atoms with Crippen molar-refractivity contribution in [2.24, 2.45) is 0 Å². The van der Waals surface area contributed by atoms with E-state index in [9.17, 15) is 0 Å². The number of benzene rings is 1. The lowest BCUT2D eigenvalue weighted by molar-refractivity contribution is 0.912. The van der Waals surface area contributed by atoms with Crippen molar-refractivity contribution in [2.75, 3.05) is 17.2 Å². The topological polar surface area (TPSA) is 37.0 Å². The Labute approximate surface area is 120 Å². The first-order valence-corrected chi connectivity index (χ1v) is 7.44. The molecule has 2 aromatic rings. The summed E-state index contributed by atoms with van der Waals surface area (Å²) in [5.74, 6) is 0.929. The van der Waals surface area contributed by atoms with Gasteiger partial charge in [0.15, 0.2) is 0 Å². The predicted molar refractivity (Wildman–Crippen MR) is 84.8 cm³/mol. The number of anilines is 3. The Morgan fingerprint density at radius 2 is 1.90 bits per heavy atom. The molecular weight excluding hydrogens is 246 g/mol. The molecule has 1 heterocycles. The minimum Gasteiger partial charge on any atom is -0.370 e. The van der Waals surface area contributed by atoms with Crippen LogP contribution >= 0.6 is 0 Å². The number of hydrogen-bond donors (Lipinski definition) is 2. The summed E-state index contributed by atoms with van der Waals surface area (Å²) in [4.78, 5) is 4.33. The lowest BCUT2D eigenvalue weighted by atomic mass is 10.1. The Balaban J connectivity index is 1.74. The molecule has 0 radical (unpaired) electrons. The van der Waals surface area contributed by atoms with Gasteiger partial charge in [0.1, 0.15) is 5.82 Å². The molecule has 0 aliphatic heterocycles. The van der Waals surface area contributed by atoms with E-state index in [2.05, 4.69) is 46.8 Å². The average Bonchev–Trinajstić information content (AvgIpc) is 2.93. The largest absolute Gasteiger partial charge is 0.370 e. The molecule has 20 heavy (non-hydrogen) atoms. The number of aromatic nitrogens is 1. The van der Waals surface area contributed by atoms with E-state index in [0.717, 1.165) is 24.5 Å². The fourth-order valence-corrected chi connectivity index (χ4v) is 2.67. The van der Waals surface area contributed by atoms with Crippen LogP contribution in [0.3, 0.4) is 0 Å². The number of nitrogens with one attached hydrogen (secondary N) is 2. The van der Waals surface area contributed by atoms with Crippen LogP contribution < -0.4 is 10.6 Å². The Bertz CT molecular complexity index is 593. The summed E-state index contributed by atoms with van der Waals surface area (Å²) < 4.78 is 0. The highest BCUT2D eigenvalue weighted by Gasteiger charge is 2.10. The van der Waals surface area contributed by atoms with Gasteiger partial charge in [0.05, 0.1) is 0 Å². The molecule has 1 aliphatic rings. The Kier molecular flexibility index (Phi) is 3.86. The maximum Gasteiger partial charge on any atom is 0.127 e. The quantitative estimate of drug-likeness (QED) is 0.855. The molecule has 1 aliphatic carbocycles. The molecule has 3 heteroatoms. The molecular formula is C17H21N3. The van der Waals surface area contributed by atoms with Crippen LogP contribution in [-0.4, -0.2) is 11.5 Å². The van der Waals surface area contributed by atoms with Crippen LogP contribution in [0.5, 0.6) is 0 Å². The summed E-state index contributed by atoms with van der Waals surface area (Å²) in [6, 6.07) is 10.8. The first kappa shape index (κ1) is 13.0. The second kappa shape index (κ2) is 5.95. The van der Waals surface area contributed by atoms with Crippen molar-refractivity contribution in [3.63, 3.8) is 0 Å². The van der Waals surface area contributed by atoms with Crippen molar-refractivity contribution >= 4 is 17.2 Å². The normalized spacial score (nSPS) is 13.1. The Morgan fingerprint density at radius 1 is 1.05 bits per heavy atom. The molecule has 0 fully saturated rings. The van der Waals surface area contributed by atoms with E-state index < -0.39 is 0 Å². The van der Waals surface area contributed by atoms with E-state index in [1.807, 2.05) is 12.3 Å². The molecule has 0 saturated carbocycles. The summed E-state index contributed by atoms with van der Waals surface area (Å²) in [5, 5.41) is 6.78. The Morgan fingerprint density at radius 3 is 2.80 bits per heavy atom. The van der Waals surface area contributed by atoms with Gasteiger partial charge in [-0.1, -0.05) is 13.0 Å². The molecule has 0 bridgehead atoms. The zero-order chi connectivity index (χ0) is 13.8. The van der Waals surface area contributed by atoms with Crippen LogP contribution in [0.2, 0.25) is 0 Å².